The molecule has 0 aliphatic carbocycles. The molecule has 3 aromatic rings. The lowest BCUT2D eigenvalue weighted by Gasteiger charge is -2.25. The first kappa shape index (κ1) is 21.8. The number of nitrogens with zero attached hydrogens (tertiary/aromatic N) is 2. The molecule has 1 aromatic heterocycles. The van der Waals surface area contributed by atoms with Crippen molar-refractivity contribution in [3.63, 3.8) is 0 Å². The van der Waals surface area contributed by atoms with Crippen LogP contribution in [0.4, 0.5) is 0 Å². The Kier molecular flexibility index (Phi) is 6.10. The fraction of sp³-hybridized carbons (Fsp3) is 0.240. The number of aromatic nitrogens is 1. The second kappa shape index (κ2) is 8.96. The second-order valence-corrected chi connectivity index (χ2v) is 8.43. The minimum Gasteiger partial charge on any atom is -0.497 e. The van der Waals surface area contributed by atoms with E-state index in [0.717, 1.165) is 22.4 Å². The van der Waals surface area contributed by atoms with E-state index in [1.54, 1.807) is 11.7 Å². The molecule has 164 valence electrons. The largest absolute Gasteiger partial charge is 0.497 e. The molecule has 0 unspecified atom stereocenters. The number of fused-ring (bicyclic) bond motifs is 1. The van der Waals surface area contributed by atoms with Gasteiger partial charge < -0.3 is 9.47 Å². The summed E-state index contributed by atoms with van der Waals surface area (Å²) in [7, 11) is 2.97. The fourth-order valence-corrected chi connectivity index (χ4v) is 4.90. The van der Waals surface area contributed by atoms with Crippen molar-refractivity contribution in [2.45, 2.75) is 26.3 Å². The van der Waals surface area contributed by atoms with E-state index in [2.05, 4.69) is 4.99 Å². The van der Waals surface area contributed by atoms with Gasteiger partial charge in [0.1, 0.15) is 5.75 Å². The van der Waals surface area contributed by atoms with Crippen LogP contribution < -0.4 is 19.6 Å². The molecule has 0 spiro atoms. The fourth-order valence-electron chi connectivity index (χ4n) is 3.89. The summed E-state index contributed by atoms with van der Waals surface area (Å²) in [4.78, 5) is 31.6. The van der Waals surface area contributed by atoms with Crippen LogP contribution in [0, 0.1) is 6.92 Å². The number of carbonyl (C=O) groups excluding carboxylic acids is 1. The van der Waals surface area contributed by atoms with E-state index >= 15 is 0 Å². The standard InChI is InChI=1S/C25H24N2O4S/c1-5-19-21(24(29)31-4)22(16-9-7-6-8-10-16)27-23(28)20(32-25(27)26-19)14-17-11-12-18(30-3)13-15(17)2/h6-14,22H,5H2,1-4H3/b20-14-/t22-/m1/s1. The molecule has 32 heavy (non-hydrogen) atoms. The summed E-state index contributed by atoms with van der Waals surface area (Å²) < 4.78 is 12.5. The number of carbonyl (C=O) groups is 1. The van der Waals surface area contributed by atoms with Gasteiger partial charge in [0.2, 0.25) is 0 Å². The van der Waals surface area contributed by atoms with Crippen LogP contribution in [0.2, 0.25) is 0 Å². The van der Waals surface area contributed by atoms with E-state index in [-0.39, 0.29) is 5.56 Å². The van der Waals surface area contributed by atoms with E-state index in [4.69, 9.17) is 9.47 Å². The van der Waals surface area contributed by atoms with Crippen LogP contribution in [-0.2, 0) is 9.53 Å². The van der Waals surface area contributed by atoms with Crippen molar-refractivity contribution in [1.82, 2.24) is 4.57 Å². The lowest BCUT2D eigenvalue weighted by molar-refractivity contribution is -0.136. The van der Waals surface area contributed by atoms with Gasteiger partial charge in [0.05, 0.1) is 36.1 Å². The van der Waals surface area contributed by atoms with Crippen LogP contribution >= 0.6 is 11.3 Å². The Bertz CT molecular complexity index is 1380. The monoisotopic (exact) mass is 448 g/mol. The van der Waals surface area contributed by atoms with Gasteiger partial charge in [-0.15, -0.1) is 0 Å². The van der Waals surface area contributed by atoms with Crippen LogP contribution in [0.1, 0.15) is 36.1 Å². The number of ether oxygens (including phenoxy) is 2. The molecule has 1 aliphatic rings. The van der Waals surface area contributed by atoms with Gasteiger partial charge in [-0.25, -0.2) is 9.79 Å². The van der Waals surface area contributed by atoms with Crippen molar-refractivity contribution in [3.05, 3.63) is 96.2 Å². The van der Waals surface area contributed by atoms with E-state index in [1.807, 2.05) is 68.5 Å². The first-order chi connectivity index (χ1) is 15.5. The molecule has 1 atom stereocenters. The molecule has 0 saturated heterocycles. The van der Waals surface area contributed by atoms with Gasteiger partial charge in [-0.2, -0.15) is 0 Å². The lowest BCUT2D eigenvalue weighted by atomic mass is 9.95. The highest BCUT2D eigenvalue weighted by atomic mass is 32.1. The number of hydrogen-bond acceptors (Lipinski definition) is 6. The zero-order valence-corrected chi connectivity index (χ0v) is 19.2. The topological polar surface area (TPSA) is 69.9 Å². The third-order valence-corrected chi connectivity index (χ3v) is 6.51. The normalized spacial score (nSPS) is 15.9. The van der Waals surface area contributed by atoms with Gasteiger partial charge in [0.15, 0.2) is 4.80 Å². The predicted octanol–water partition coefficient (Wildman–Crippen LogP) is 3.12. The Balaban J connectivity index is 1.98. The number of allylic oxidation sites excluding steroid dienone is 1. The number of benzene rings is 2. The van der Waals surface area contributed by atoms with Gasteiger partial charge in [0, 0.05) is 0 Å². The molecule has 0 radical (unpaired) electrons. The summed E-state index contributed by atoms with van der Waals surface area (Å²) >= 11 is 1.33. The summed E-state index contributed by atoms with van der Waals surface area (Å²) in [6.07, 6.45) is 2.42. The van der Waals surface area contributed by atoms with Crippen molar-refractivity contribution in [2.24, 2.45) is 4.99 Å². The highest BCUT2D eigenvalue weighted by Crippen LogP contribution is 2.31. The van der Waals surface area contributed by atoms with E-state index in [1.165, 1.54) is 18.4 Å². The molecule has 6 nitrogen and oxygen atoms in total. The maximum Gasteiger partial charge on any atom is 0.338 e. The molecule has 2 aromatic carbocycles. The molecule has 0 bridgehead atoms. The van der Waals surface area contributed by atoms with Gasteiger partial charge in [-0.3, -0.25) is 9.36 Å². The van der Waals surface area contributed by atoms with Gasteiger partial charge >= 0.3 is 5.97 Å². The molecule has 7 heteroatoms. The van der Waals surface area contributed by atoms with Crippen LogP contribution in [0.25, 0.3) is 6.08 Å². The van der Waals surface area contributed by atoms with Crippen LogP contribution in [0.3, 0.4) is 0 Å². The molecule has 1 aliphatic heterocycles. The summed E-state index contributed by atoms with van der Waals surface area (Å²) in [5, 5.41) is 0. The van der Waals surface area contributed by atoms with Crippen molar-refractivity contribution in [1.29, 1.82) is 0 Å². The van der Waals surface area contributed by atoms with Crippen LogP contribution in [0.5, 0.6) is 5.75 Å². The number of rotatable bonds is 5. The van der Waals surface area contributed by atoms with Gasteiger partial charge in [-0.1, -0.05) is 54.7 Å². The molecule has 0 fully saturated rings. The highest BCUT2D eigenvalue weighted by molar-refractivity contribution is 7.07. The smallest absolute Gasteiger partial charge is 0.338 e. The Morgan fingerprint density at radius 3 is 2.56 bits per heavy atom. The Morgan fingerprint density at radius 2 is 1.94 bits per heavy atom. The van der Waals surface area contributed by atoms with Crippen molar-refractivity contribution < 1.29 is 14.3 Å². The van der Waals surface area contributed by atoms with Crippen LogP contribution in [0.15, 0.2) is 69.6 Å². The van der Waals surface area contributed by atoms with E-state index < -0.39 is 12.0 Å². The highest BCUT2D eigenvalue weighted by Gasteiger charge is 2.33. The quantitative estimate of drug-likeness (QED) is 0.563. The van der Waals surface area contributed by atoms with Crippen LogP contribution in [-0.4, -0.2) is 24.8 Å². The molecule has 0 N–H and O–H groups in total. The molecule has 0 amide bonds. The molecule has 0 saturated carbocycles. The SMILES string of the molecule is CCC1=C(C(=O)OC)[C@@H](c2ccccc2)n2c(s/c(=C\c3ccc(OC)cc3C)c2=O)=N1. The van der Waals surface area contributed by atoms with Crippen molar-refractivity contribution in [2.75, 3.05) is 14.2 Å². The summed E-state index contributed by atoms with van der Waals surface area (Å²) in [6, 6.07) is 14.7. The maximum absolute atomic E-state index is 13.6. The number of hydrogen-bond donors (Lipinski definition) is 0. The van der Waals surface area contributed by atoms with Crippen molar-refractivity contribution >= 4 is 23.4 Å². The van der Waals surface area contributed by atoms with E-state index in [0.29, 0.717) is 27.0 Å². The number of aryl methyl sites for hydroxylation is 1. The third kappa shape index (κ3) is 3.80. The van der Waals surface area contributed by atoms with Crippen molar-refractivity contribution in [3.8, 4) is 5.75 Å². The third-order valence-electron chi connectivity index (χ3n) is 5.53. The molecular formula is C25H24N2O4S. The van der Waals surface area contributed by atoms with E-state index in [9.17, 15) is 9.59 Å². The Morgan fingerprint density at radius 1 is 1.19 bits per heavy atom. The maximum atomic E-state index is 13.6. The minimum atomic E-state index is -0.589. The Hall–Kier alpha value is -3.45. The first-order valence-corrected chi connectivity index (χ1v) is 11.1. The molecule has 2 heterocycles. The average molecular weight is 449 g/mol. The number of esters is 1. The number of thiazole rings is 1. The molecule has 4 rings (SSSR count). The Labute approximate surface area is 189 Å². The summed E-state index contributed by atoms with van der Waals surface area (Å²) in [5.41, 5.74) is 3.62. The zero-order valence-electron chi connectivity index (χ0n) is 18.4. The van der Waals surface area contributed by atoms with Gasteiger partial charge in [-0.05, 0) is 48.2 Å². The first-order valence-electron chi connectivity index (χ1n) is 10.3. The zero-order chi connectivity index (χ0) is 22.8. The summed E-state index contributed by atoms with van der Waals surface area (Å²) in [5.74, 6) is 0.292. The van der Waals surface area contributed by atoms with Gasteiger partial charge in [0.25, 0.3) is 5.56 Å². The average Bonchev–Trinajstić information content (AvgIpc) is 3.13. The summed E-state index contributed by atoms with van der Waals surface area (Å²) in [6.45, 7) is 3.92. The second-order valence-electron chi connectivity index (χ2n) is 7.42. The predicted molar refractivity (Wildman–Crippen MR) is 125 cm³/mol. The number of methoxy groups -OCH3 is 2. The minimum absolute atomic E-state index is 0.186. The lowest BCUT2D eigenvalue weighted by Crippen LogP contribution is -2.40. The molecular weight excluding hydrogens is 424 g/mol.